The Hall–Kier alpha value is -2.94. The highest BCUT2D eigenvalue weighted by Gasteiger charge is 2.23. The van der Waals surface area contributed by atoms with Crippen LogP contribution in [0.3, 0.4) is 0 Å². The summed E-state index contributed by atoms with van der Waals surface area (Å²) in [5.74, 6) is -0.573. The number of sulfonamides is 1. The van der Waals surface area contributed by atoms with Crippen molar-refractivity contribution in [3.8, 4) is 0 Å². The average molecular weight is 488 g/mol. The number of fused-ring (bicyclic) bond motifs is 1. The predicted octanol–water partition coefficient (Wildman–Crippen LogP) is 3.80. The number of pyridine rings is 1. The lowest BCUT2D eigenvalue weighted by molar-refractivity contribution is 0.0949. The molecule has 0 fully saturated rings. The normalized spacial score (nSPS) is 11.6. The molecule has 3 rings (SSSR count). The molecule has 0 aliphatic rings. The van der Waals surface area contributed by atoms with Crippen LogP contribution in [-0.4, -0.2) is 36.3 Å². The van der Waals surface area contributed by atoms with E-state index in [-0.39, 0.29) is 22.4 Å². The second-order valence-corrected chi connectivity index (χ2v) is 9.70. The number of carbonyl (C=O) groups is 1. The minimum Gasteiger partial charge on any atom is -0.348 e. The minimum atomic E-state index is -3.77. The molecule has 1 N–H and O–H groups in total. The fraction of sp³-hybridized carbons (Fsp3) is 0.250. The maximum absolute atomic E-state index is 13.3. The molecule has 0 saturated carbocycles. The van der Waals surface area contributed by atoms with Gasteiger partial charge in [-0.15, -0.1) is 6.58 Å². The van der Waals surface area contributed by atoms with Crippen molar-refractivity contribution in [2.75, 3.05) is 13.1 Å². The number of carbonyl (C=O) groups excluding carboxylic acids is 1. The largest absolute Gasteiger partial charge is 0.348 e. The van der Waals surface area contributed by atoms with Gasteiger partial charge in [-0.2, -0.15) is 4.31 Å². The minimum absolute atomic E-state index is 0.00887. The van der Waals surface area contributed by atoms with Gasteiger partial charge in [0.25, 0.3) is 5.91 Å². The van der Waals surface area contributed by atoms with Crippen molar-refractivity contribution in [2.24, 2.45) is 0 Å². The highest BCUT2D eigenvalue weighted by Crippen LogP contribution is 2.21. The SMILES string of the molecule is C=CCn1cc(C(=O)NCc2ccccc2Cl)c(=O)c2cc(S(=O)(=O)N(CC)CC)ccc21. The van der Waals surface area contributed by atoms with Gasteiger partial charge in [0.05, 0.1) is 10.4 Å². The van der Waals surface area contributed by atoms with Crippen molar-refractivity contribution >= 4 is 38.4 Å². The van der Waals surface area contributed by atoms with Crippen LogP contribution < -0.4 is 10.7 Å². The summed E-state index contributed by atoms with van der Waals surface area (Å²) in [5.41, 5.74) is 0.598. The van der Waals surface area contributed by atoms with Gasteiger partial charge in [0, 0.05) is 42.8 Å². The van der Waals surface area contributed by atoms with Crippen LogP contribution in [0, 0.1) is 0 Å². The molecule has 0 atom stereocenters. The van der Waals surface area contributed by atoms with E-state index in [0.717, 1.165) is 0 Å². The Kier molecular flexibility index (Phi) is 7.73. The van der Waals surface area contributed by atoms with Crippen molar-refractivity contribution in [1.29, 1.82) is 0 Å². The molecule has 0 bridgehead atoms. The highest BCUT2D eigenvalue weighted by atomic mass is 35.5. The van der Waals surface area contributed by atoms with Gasteiger partial charge in [-0.05, 0) is 29.8 Å². The lowest BCUT2D eigenvalue weighted by Crippen LogP contribution is -2.31. The monoisotopic (exact) mass is 487 g/mol. The van der Waals surface area contributed by atoms with Crippen LogP contribution in [-0.2, 0) is 23.1 Å². The first-order chi connectivity index (χ1) is 15.7. The number of hydrogen-bond donors (Lipinski definition) is 1. The third-order valence-corrected chi connectivity index (χ3v) is 7.78. The second kappa shape index (κ2) is 10.3. The molecule has 7 nitrogen and oxygen atoms in total. The Balaban J connectivity index is 2.09. The van der Waals surface area contributed by atoms with Crippen molar-refractivity contribution < 1.29 is 13.2 Å². The number of amides is 1. The molecule has 0 spiro atoms. The van der Waals surface area contributed by atoms with Gasteiger partial charge in [0.1, 0.15) is 5.56 Å². The summed E-state index contributed by atoms with van der Waals surface area (Å²) in [4.78, 5) is 26.2. The standard InChI is InChI=1S/C24H26ClN3O4S/c1-4-13-27-16-20(24(30)26-15-17-9-7-8-10-21(17)25)23(29)19-14-18(11-12-22(19)27)33(31,32)28(5-2)6-3/h4,7-12,14,16H,1,5-6,13,15H2,2-3H3,(H,26,30). The highest BCUT2D eigenvalue weighted by molar-refractivity contribution is 7.89. The van der Waals surface area contributed by atoms with Gasteiger partial charge < -0.3 is 9.88 Å². The number of allylic oxidation sites excluding steroid dienone is 1. The number of rotatable bonds is 9. The van der Waals surface area contributed by atoms with E-state index in [1.807, 2.05) is 0 Å². The van der Waals surface area contributed by atoms with Crippen LogP contribution in [0.4, 0.5) is 0 Å². The number of halogens is 1. The molecule has 174 valence electrons. The molecule has 2 aromatic carbocycles. The van der Waals surface area contributed by atoms with Crippen LogP contribution >= 0.6 is 11.6 Å². The molecular formula is C24H26ClN3O4S. The number of hydrogen-bond acceptors (Lipinski definition) is 4. The summed E-state index contributed by atoms with van der Waals surface area (Å²) in [6.45, 7) is 8.33. The molecule has 0 aliphatic heterocycles. The van der Waals surface area contributed by atoms with E-state index in [2.05, 4.69) is 11.9 Å². The van der Waals surface area contributed by atoms with Crippen molar-refractivity contribution in [3.05, 3.63) is 87.7 Å². The zero-order chi connectivity index (χ0) is 24.2. The third kappa shape index (κ3) is 5.03. The van der Waals surface area contributed by atoms with E-state index in [9.17, 15) is 18.0 Å². The Labute approximate surface area is 198 Å². The lowest BCUT2D eigenvalue weighted by atomic mass is 10.1. The molecule has 0 radical (unpaired) electrons. The molecule has 1 heterocycles. The van der Waals surface area contributed by atoms with E-state index in [4.69, 9.17) is 11.6 Å². The summed E-state index contributed by atoms with van der Waals surface area (Å²) in [6, 6.07) is 11.5. The smallest absolute Gasteiger partial charge is 0.257 e. The van der Waals surface area contributed by atoms with Gasteiger partial charge in [-0.3, -0.25) is 9.59 Å². The van der Waals surface area contributed by atoms with Gasteiger partial charge in [0.2, 0.25) is 15.5 Å². The Morgan fingerprint density at radius 1 is 1.18 bits per heavy atom. The zero-order valence-corrected chi connectivity index (χ0v) is 20.1. The van der Waals surface area contributed by atoms with Crippen LogP contribution in [0.2, 0.25) is 5.02 Å². The maximum Gasteiger partial charge on any atom is 0.257 e. The van der Waals surface area contributed by atoms with Crippen molar-refractivity contribution in [3.63, 3.8) is 0 Å². The Bertz CT molecular complexity index is 1360. The molecule has 1 aromatic heterocycles. The zero-order valence-electron chi connectivity index (χ0n) is 18.5. The fourth-order valence-corrected chi connectivity index (χ4v) is 5.30. The quantitative estimate of drug-likeness (QED) is 0.465. The summed E-state index contributed by atoms with van der Waals surface area (Å²) < 4.78 is 29.0. The third-order valence-electron chi connectivity index (χ3n) is 5.36. The Morgan fingerprint density at radius 2 is 1.88 bits per heavy atom. The molecule has 0 saturated heterocycles. The number of aromatic nitrogens is 1. The van der Waals surface area contributed by atoms with Gasteiger partial charge >= 0.3 is 0 Å². The van der Waals surface area contributed by atoms with Gasteiger partial charge in [-0.25, -0.2) is 8.42 Å². The van der Waals surface area contributed by atoms with E-state index < -0.39 is 21.4 Å². The summed E-state index contributed by atoms with van der Waals surface area (Å²) in [7, 11) is -3.77. The first kappa shape index (κ1) is 24.7. The molecule has 3 aromatic rings. The molecule has 0 unspecified atom stereocenters. The van der Waals surface area contributed by atoms with Gasteiger partial charge in [-0.1, -0.05) is 49.7 Å². The van der Waals surface area contributed by atoms with E-state index in [1.54, 1.807) is 54.8 Å². The lowest BCUT2D eigenvalue weighted by Gasteiger charge is -2.19. The van der Waals surface area contributed by atoms with E-state index in [0.29, 0.717) is 35.7 Å². The van der Waals surface area contributed by atoms with Crippen molar-refractivity contribution in [1.82, 2.24) is 14.2 Å². The Morgan fingerprint density at radius 3 is 2.52 bits per heavy atom. The van der Waals surface area contributed by atoms with E-state index in [1.165, 1.54) is 22.6 Å². The first-order valence-electron chi connectivity index (χ1n) is 10.5. The predicted molar refractivity (Wildman–Crippen MR) is 131 cm³/mol. The molecule has 1 amide bonds. The first-order valence-corrected chi connectivity index (χ1v) is 12.4. The topological polar surface area (TPSA) is 88.5 Å². The molecule has 33 heavy (non-hydrogen) atoms. The van der Waals surface area contributed by atoms with Crippen LogP contribution in [0.5, 0.6) is 0 Å². The number of nitrogens with zero attached hydrogens (tertiary/aromatic N) is 2. The van der Waals surface area contributed by atoms with Crippen molar-refractivity contribution in [2.45, 2.75) is 31.8 Å². The second-order valence-electron chi connectivity index (χ2n) is 7.36. The molecule has 0 aliphatic carbocycles. The fourth-order valence-electron chi connectivity index (χ4n) is 3.61. The summed E-state index contributed by atoms with van der Waals surface area (Å²) in [5, 5.41) is 3.38. The van der Waals surface area contributed by atoms with Crippen LogP contribution in [0.1, 0.15) is 29.8 Å². The molecular weight excluding hydrogens is 462 g/mol. The van der Waals surface area contributed by atoms with Crippen LogP contribution in [0.15, 0.2) is 71.0 Å². The maximum atomic E-state index is 13.3. The average Bonchev–Trinajstić information content (AvgIpc) is 2.80. The van der Waals surface area contributed by atoms with Gasteiger partial charge in [0.15, 0.2) is 0 Å². The number of nitrogens with one attached hydrogen (secondary N) is 1. The summed E-state index contributed by atoms with van der Waals surface area (Å²) >= 11 is 6.15. The van der Waals surface area contributed by atoms with E-state index >= 15 is 0 Å². The molecule has 9 heteroatoms. The van der Waals surface area contributed by atoms with Crippen LogP contribution in [0.25, 0.3) is 10.9 Å². The number of benzene rings is 2. The summed E-state index contributed by atoms with van der Waals surface area (Å²) in [6.07, 6.45) is 3.10.